The number of hydrogen-bond donors (Lipinski definition) is 0. The fourth-order valence-electron chi connectivity index (χ4n) is 3.52. The minimum Gasteiger partial charge on any atom is -0.466 e. The summed E-state index contributed by atoms with van der Waals surface area (Å²) >= 11 is 0. The summed E-state index contributed by atoms with van der Waals surface area (Å²) in [5, 5.41) is 0. The third kappa shape index (κ3) is 3.41. The molecule has 1 fully saturated rings. The van der Waals surface area contributed by atoms with Crippen LogP contribution in [0.1, 0.15) is 32.9 Å². The monoisotopic (exact) mass is 354 g/mol. The lowest BCUT2D eigenvalue weighted by Gasteiger charge is -2.31. The molecule has 0 spiro atoms. The van der Waals surface area contributed by atoms with E-state index < -0.39 is 5.41 Å². The maximum absolute atomic E-state index is 12.7. The highest BCUT2D eigenvalue weighted by molar-refractivity contribution is 5.79. The number of carbonyl (C=O) groups is 1. The van der Waals surface area contributed by atoms with Crippen molar-refractivity contribution in [3.63, 3.8) is 0 Å². The van der Waals surface area contributed by atoms with Crippen LogP contribution in [-0.2, 0) is 9.53 Å². The minimum absolute atomic E-state index is 0.101. The number of ether oxygens (including phenoxy) is 1. The minimum atomic E-state index is -0.483. The van der Waals surface area contributed by atoms with E-state index in [1.54, 1.807) is 12.4 Å². The predicted octanol–water partition coefficient (Wildman–Crippen LogP) is 3.26. The number of carbonyl (C=O) groups excluding carboxylic acids is 1. The van der Waals surface area contributed by atoms with Crippen LogP contribution in [0.5, 0.6) is 0 Å². The van der Waals surface area contributed by atoms with Crippen LogP contribution in [-0.4, -0.2) is 40.6 Å². The standard InChI is InChI=1S/C20H26N4O2/c1-5-26-19(25)20(14(2)3)8-10-24(13-20)17-11-15(4)22-18(23-17)16-7-6-9-21-12-16/h6-7,9,11-12,14H,5,8,10,13H2,1-4H3. The summed E-state index contributed by atoms with van der Waals surface area (Å²) in [6.45, 7) is 9.80. The molecular formula is C20H26N4O2. The number of hydrogen-bond acceptors (Lipinski definition) is 6. The molecule has 0 bridgehead atoms. The van der Waals surface area contributed by atoms with Gasteiger partial charge in [0, 0.05) is 42.8 Å². The Morgan fingerprint density at radius 2 is 2.19 bits per heavy atom. The van der Waals surface area contributed by atoms with Crippen molar-refractivity contribution in [3.05, 3.63) is 36.3 Å². The highest BCUT2D eigenvalue weighted by Crippen LogP contribution is 2.40. The smallest absolute Gasteiger partial charge is 0.314 e. The van der Waals surface area contributed by atoms with Crippen LogP contribution in [0.4, 0.5) is 5.82 Å². The fourth-order valence-corrected chi connectivity index (χ4v) is 3.52. The van der Waals surface area contributed by atoms with Crippen LogP contribution in [0.3, 0.4) is 0 Å². The van der Waals surface area contributed by atoms with E-state index in [1.165, 1.54) is 0 Å². The molecule has 1 aliphatic rings. The Hall–Kier alpha value is -2.50. The lowest BCUT2D eigenvalue weighted by Crippen LogP contribution is -2.40. The molecule has 6 nitrogen and oxygen atoms in total. The van der Waals surface area contributed by atoms with Crippen molar-refractivity contribution in [3.8, 4) is 11.4 Å². The highest BCUT2D eigenvalue weighted by atomic mass is 16.5. The number of nitrogens with zero attached hydrogens (tertiary/aromatic N) is 4. The average molecular weight is 354 g/mol. The van der Waals surface area contributed by atoms with Crippen LogP contribution in [0, 0.1) is 18.3 Å². The van der Waals surface area contributed by atoms with Gasteiger partial charge < -0.3 is 9.64 Å². The first-order valence-electron chi connectivity index (χ1n) is 9.14. The summed E-state index contributed by atoms with van der Waals surface area (Å²) in [4.78, 5) is 28.3. The largest absolute Gasteiger partial charge is 0.466 e. The Bertz CT molecular complexity index is 779. The molecule has 0 radical (unpaired) electrons. The molecule has 0 amide bonds. The van der Waals surface area contributed by atoms with Gasteiger partial charge in [0.2, 0.25) is 0 Å². The highest BCUT2D eigenvalue weighted by Gasteiger charge is 2.48. The Labute approximate surface area is 154 Å². The topological polar surface area (TPSA) is 68.2 Å². The van der Waals surface area contributed by atoms with Gasteiger partial charge in [0.25, 0.3) is 0 Å². The third-order valence-electron chi connectivity index (χ3n) is 5.17. The maximum atomic E-state index is 12.7. The zero-order valence-electron chi connectivity index (χ0n) is 15.9. The SMILES string of the molecule is CCOC(=O)C1(C(C)C)CCN(c2cc(C)nc(-c3cccnc3)n2)C1. The summed E-state index contributed by atoms with van der Waals surface area (Å²) in [5.41, 5.74) is 1.30. The molecular weight excluding hydrogens is 328 g/mol. The van der Waals surface area contributed by atoms with Gasteiger partial charge in [-0.25, -0.2) is 9.97 Å². The lowest BCUT2D eigenvalue weighted by atomic mass is 9.76. The summed E-state index contributed by atoms with van der Waals surface area (Å²) in [5.74, 6) is 1.61. The molecule has 1 unspecified atom stereocenters. The molecule has 26 heavy (non-hydrogen) atoms. The predicted molar refractivity (Wildman–Crippen MR) is 101 cm³/mol. The lowest BCUT2D eigenvalue weighted by molar-refractivity contribution is -0.156. The molecule has 1 saturated heterocycles. The molecule has 0 aromatic carbocycles. The van der Waals surface area contributed by atoms with E-state index in [-0.39, 0.29) is 11.9 Å². The first kappa shape index (κ1) is 18.3. The third-order valence-corrected chi connectivity index (χ3v) is 5.17. The van der Waals surface area contributed by atoms with Crippen LogP contribution < -0.4 is 4.90 Å². The first-order valence-corrected chi connectivity index (χ1v) is 9.14. The van der Waals surface area contributed by atoms with Crippen LogP contribution in [0.2, 0.25) is 0 Å². The van der Waals surface area contributed by atoms with Crippen molar-refractivity contribution < 1.29 is 9.53 Å². The average Bonchev–Trinajstić information content (AvgIpc) is 3.09. The van der Waals surface area contributed by atoms with E-state index in [0.29, 0.717) is 19.0 Å². The van der Waals surface area contributed by atoms with Gasteiger partial charge in [0.15, 0.2) is 5.82 Å². The summed E-state index contributed by atoms with van der Waals surface area (Å²) < 4.78 is 5.38. The Morgan fingerprint density at radius 3 is 2.85 bits per heavy atom. The molecule has 2 aromatic rings. The summed E-state index contributed by atoms with van der Waals surface area (Å²) in [7, 11) is 0. The zero-order chi connectivity index (χ0) is 18.7. The summed E-state index contributed by atoms with van der Waals surface area (Å²) in [6, 6.07) is 5.80. The van der Waals surface area contributed by atoms with E-state index >= 15 is 0 Å². The van der Waals surface area contributed by atoms with Crippen LogP contribution in [0.25, 0.3) is 11.4 Å². The number of anilines is 1. The van der Waals surface area contributed by atoms with Crippen molar-refractivity contribution in [2.75, 3.05) is 24.6 Å². The van der Waals surface area contributed by atoms with Gasteiger partial charge in [-0.15, -0.1) is 0 Å². The Balaban J connectivity index is 1.91. The molecule has 3 rings (SSSR count). The second-order valence-corrected chi connectivity index (χ2v) is 7.14. The van der Waals surface area contributed by atoms with Gasteiger partial charge in [-0.05, 0) is 38.3 Å². The molecule has 1 aliphatic heterocycles. The van der Waals surface area contributed by atoms with E-state index in [9.17, 15) is 4.79 Å². The fraction of sp³-hybridized carbons (Fsp3) is 0.500. The van der Waals surface area contributed by atoms with E-state index in [4.69, 9.17) is 9.72 Å². The molecule has 0 N–H and O–H groups in total. The summed E-state index contributed by atoms with van der Waals surface area (Å²) in [6.07, 6.45) is 4.27. The second kappa shape index (κ2) is 7.40. The molecule has 0 aliphatic carbocycles. The normalized spacial score (nSPS) is 19.8. The van der Waals surface area contributed by atoms with Crippen LogP contribution >= 0.6 is 0 Å². The van der Waals surface area contributed by atoms with Crippen molar-refractivity contribution in [2.45, 2.75) is 34.1 Å². The quantitative estimate of drug-likeness (QED) is 0.768. The molecule has 6 heteroatoms. The number of aryl methyl sites for hydroxylation is 1. The molecule has 0 saturated carbocycles. The van der Waals surface area contributed by atoms with Gasteiger partial charge in [-0.1, -0.05) is 13.8 Å². The zero-order valence-corrected chi connectivity index (χ0v) is 15.9. The number of esters is 1. The number of aromatic nitrogens is 3. The second-order valence-electron chi connectivity index (χ2n) is 7.14. The number of rotatable bonds is 5. The van der Waals surface area contributed by atoms with E-state index in [2.05, 4.69) is 28.7 Å². The molecule has 3 heterocycles. The van der Waals surface area contributed by atoms with Crippen molar-refractivity contribution in [1.29, 1.82) is 0 Å². The molecule has 2 aromatic heterocycles. The maximum Gasteiger partial charge on any atom is 0.314 e. The van der Waals surface area contributed by atoms with E-state index in [0.717, 1.165) is 30.0 Å². The Morgan fingerprint density at radius 1 is 1.38 bits per heavy atom. The van der Waals surface area contributed by atoms with Gasteiger partial charge in [0.1, 0.15) is 5.82 Å². The van der Waals surface area contributed by atoms with Crippen molar-refractivity contribution in [2.24, 2.45) is 11.3 Å². The van der Waals surface area contributed by atoms with Crippen LogP contribution in [0.15, 0.2) is 30.6 Å². The van der Waals surface area contributed by atoms with Gasteiger partial charge in [-0.2, -0.15) is 0 Å². The van der Waals surface area contributed by atoms with Gasteiger partial charge in [-0.3, -0.25) is 9.78 Å². The molecule has 138 valence electrons. The van der Waals surface area contributed by atoms with Crippen molar-refractivity contribution in [1.82, 2.24) is 15.0 Å². The first-order chi connectivity index (χ1) is 12.5. The van der Waals surface area contributed by atoms with Gasteiger partial charge in [0.05, 0.1) is 12.0 Å². The number of pyridine rings is 1. The Kier molecular flexibility index (Phi) is 5.20. The van der Waals surface area contributed by atoms with Crippen molar-refractivity contribution >= 4 is 11.8 Å². The van der Waals surface area contributed by atoms with Gasteiger partial charge >= 0.3 is 5.97 Å². The molecule has 1 atom stereocenters. The van der Waals surface area contributed by atoms with E-state index in [1.807, 2.05) is 32.0 Å².